The molecular weight excluding hydrogens is 160 g/mol. The highest BCUT2D eigenvalue weighted by molar-refractivity contribution is 5.20. The molecule has 1 heteroatoms. The van der Waals surface area contributed by atoms with E-state index in [1.54, 1.807) is 0 Å². The third-order valence-corrected chi connectivity index (χ3v) is 1.77. The van der Waals surface area contributed by atoms with E-state index in [2.05, 4.69) is 31.1 Å². The molecule has 0 aliphatic rings. The standard InChI is InChI=1S/C12H18O/c1-4-7-9-11(6-3)12(13)10-8-5-2/h12-13H,3-5,7,9H2,1-2H3/t12-/m0/s1. The van der Waals surface area contributed by atoms with E-state index in [0.29, 0.717) is 0 Å². The molecule has 13 heavy (non-hydrogen) atoms. The maximum atomic E-state index is 9.55. The largest absolute Gasteiger partial charge is 0.376 e. The number of unbranched alkanes of at least 4 members (excludes halogenated alkanes) is 1. The minimum Gasteiger partial charge on any atom is -0.376 e. The summed E-state index contributed by atoms with van der Waals surface area (Å²) in [6.45, 7) is 7.63. The van der Waals surface area contributed by atoms with Crippen molar-refractivity contribution in [2.75, 3.05) is 0 Å². The molecule has 1 atom stereocenters. The Morgan fingerprint density at radius 3 is 2.62 bits per heavy atom. The molecule has 0 fully saturated rings. The SMILES string of the molecule is C=C=C(CCCC)[C@@H](O)C#CCC. The lowest BCUT2D eigenvalue weighted by atomic mass is 10.0. The lowest BCUT2D eigenvalue weighted by molar-refractivity contribution is 0.263. The van der Waals surface area contributed by atoms with Crippen LogP contribution in [0.15, 0.2) is 17.9 Å². The van der Waals surface area contributed by atoms with Gasteiger partial charge in [0.1, 0.15) is 6.10 Å². The maximum Gasteiger partial charge on any atom is 0.143 e. The molecule has 1 N–H and O–H groups in total. The summed E-state index contributed by atoms with van der Waals surface area (Å²) in [5, 5.41) is 9.55. The smallest absolute Gasteiger partial charge is 0.143 e. The van der Waals surface area contributed by atoms with Crippen LogP contribution >= 0.6 is 0 Å². The summed E-state index contributed by atoms with van der Waals surface area (Å²) in [6.07, 6.45) is 3.13. The Bertz CT molecular complexity index is 236. The van der Waals surface area contributed by atoms with E-state index in [4.69, 9.17) is 0 Å². The molecule has 0 aromatic heterocycles. The third kappa shape index (κ3) is 5.31. The zero-order valence-corrected chi connectivity index (χ0v) is 8.56. The minimum absolute atomic E-state index is 0.663. The molecule has 0 aromatic carbocycles. The Balaban J connectivity index is 4.17. The highest BCUT2D eigenvalue weighted by atomic mass is 16.3. The van der Waals surface area contributed by atoms with Crippen LogP contribution in [-0.2, 0) is 0 Å². The predicted octanol–water partition coefficient (Wildman–Crippen LogP) is 2.66. The molecule has 0 aromatic rings. The molecule has 0 radical (unpaired) electrons. The summed E-state index contributed by atoms with van der Waals surface area (Å²) < 4.78 is 0. The molecule has 0 saturated heterocycles. The summed E-state index contributed by atoms with van der Waals surface area (Å²) in [5.74, 6) is 5.61. The molecule has 1 nitrogen and oxygen atoms in total. The van der Waals surface area contributed by atoms with Gasteiger partial charge in [0.15, 0.2) is 0 Å². The quantitative estimate of drug-likeness (QED) is 0.518. The van der Waals surface area contributed by atoms with E-state index in [-0.39, 0.29) is 0 Å². The van der Waals surface area contributed by atoms with Gasteiger partial charge in [-0.25, -0.2) is 0 Å². The Morgan fingerprint density at radius 2 is 2.15 bits per heavy atom. The summed E-state index contributed by atoms with van der Waals surface area (Å²) in [4.78, 5) is 0. The van der Waals surface area contributed by atoms with Crippen molar-refractivity contribution in [3.05, 3.63) is 17.9 Å². The van der Waals surface area contributed by atoms with Gasteiger partial charge in [-0.1, -0.05) is 32.8 Å². The number of aliphatic hydroxyl groups is 1. The van der Waals surface area contributed by atoms with Gasteiger partial charge < -0.3 is 5.11 Å². The molecule has 0 aliphatic heterocycles. The van der Waals surface area contributed by atoms with Crippen molar-refractivity contribution in [1.29, 1.82) is 0 Å². The summed E-state index contributed by atoms with van der Waals surface area (Å²) in [5.41, 5.74) is 3.58. The molecule has 0 heterocycles. The molecule has 72 valence electrons. The van der Waals surface area contributed by atoms with Gasteiger partial charge in [-0.15, -0.1) is 11.7 Å². The second-order valence-corrected chi connectivity index (χ2v) is 2.88. The molecule has 0 unspecified atom stereocenters. The normalized spacial score (nSPS) is 11.0. The van der Waals surface area contributed by atoms with E-state index in [9.17, 15) is 5.11 Å². The zero-order valence-electron chi connectivity index (χ0n) is 8.56. The van der Waals surface area contributed by atoms with E-state index >= 15 is 0 Å². The highest BCUT2D eigenvalue weighted by Crippen LogP contribution is 2.09. The molecule has 0 saturated carbocycles. The number of aliphatic hydroxyl groups excluding tert-OH is 1. The lowest BCUT2D eigenvalue weighted by Gasteiger charge is -2.05. The first-order valence-electron chi connectivity index (χ1n) is 4.81. The van der Waals surface area contributed by atoms with Crippen LogP contribution < -0.4 is 0 Å². The average Bonchev–Trinajstić information content (AvgIpc) is 2.16. The van der Waals surface area contributed by atoms with Gasteiger partial charge >= 0.3 is 0 Å². The van der Waals surface area contributed by atoms with Crippen LogP contribution in [0.3, 0.4) is 0 Å². The summed E-state index contributed by atoms with van der Waals surface area (Å²) in [7, 11) is 0. The van der Waals surface area contributed by atoms with Crippen molar-refractivity contribution in [1.82, 2.24) is 0 Å². The van der Waals surface area contributed by atoms with Crippen LogP contribution in [-0.4, -0.2) is 11.2 Å². The van der Waals surface area contributed by atoms with Crippen LogP contribution in [0, 0.1) is 11.8 Å². The van der Waals surface area contributed by atoms with Crippen LogP contribution in [0.1, 0.15) is 39.5 Å². The molecule has 0 aliphatic carbocycles. The first kappa shape index (κ1) is 12.0. The van der Waals surface area contributed by atoms with Gasteiger partial charge in [0.25, 0.3) is 0 Å². The Hall–Kier alpha value is -0.960. The monoisotopic (exact) mass is 178 g/mol. The van der Waals surface area contributed by atoms with Gasteiger partial charge in [-0.05, 0) is 12.8 Å². The van der Waals surface area contributed by atoms with Crippen molar-refractivity contribution < 1.29 is 5.11 Å². The Morgan fingerprint density at radius 1 is 1.46 bits per heavy atom. The zero-order chi connectivity index (χ0) is 10.1. The van der Waals surface area contributed by atoms with Crippen molar-refractivity contribution in [3.63, 3.8) is 0 Å². The lowest BCUT2D eigenvalue weighted by Crippen LogP contribution is -2.06. The second kappa shape index (κ2) is 7.68. The van der Waals surface area contributed by atoms with Crippen molar-refractivity contribution in [2.45, 2.75) is 45.6 Å². The van der Waals surface area contributed by atoms with Crippen molar-refractivity contribution in [3.8, 4) is 11.8 Å². The number of hydrogen-bond acceptors (Lipinski definition) is 1. The molecule has 0 rings (SSSR count). The van der Waals surface area contributed by atoms with Crippen LogP contribution in [0.2, 0.25) is 0 Å². The molecule has 0 bridgehead atoms. The van der Waals surface area contributed by atoms with E-state index < -0.39 is 6.10 Å². The van der Waals surface area contributed by atoms with Gasteiger partial charge in [0, 0.05) is 12.0 Å². The number of hydrogen-bond donors (Lipinski definition) is 1. The van der Waals surface area contributed by atoms with Gasteiger partial charge in [-0.3, -0.25) is 0 Å². The van der Waals surface area contributed by atoms with Gasteiger partial charge in [-0.2, -0.15) is 0 Å². The summed E-state index contributed by atoms with van der Waals surface area (Å²) in [6, 6.07) is 0. The van der Waals surface area contributed by atoms with Gasteiger partial charge in [0.05, 0.1) is 0 Å². The summed E-state index contributed by atoms with van der Waals surface area (Å²) >= 11 is 0. The van der Waals surface area contributed by atoms with Crippen LogP contribution in [0.4, 0.5) is 0 Å². The topological polar surface area (TPSA) is 20.2 Å². The fourth-order valence-corrected chi connectivity index (χ4v) is 0.975. The maximum absolute atomic E-state index is 9.55. The third-order valence-electron chi connectivity index (χ3n) is 1.77. The highest BCUT2D eigenvalue weighted by Gasteiger charge is 2.05. The molecule has 0 spiro atoms. The van der Waals surface area contributed by atoms with Gasteiger partial charge in [0.2, 0.25) is 0 Å². The van der Waals surface area contributed by atoms with E-state index in [1.165, 1.54) is 0 Å². The fraction of sp³-hybridized carbons (Fsp3) is 0.583. The Labute approximate surface area is 81.2 Å². The molecule has 0 amide bonds. The van der Waals surface area contributed by atoms with Crippen molar-refractivity contribution >= 4 is 0 Å². The van der Waals surface area contributed by atoms with E-state index in [0.717, 1.165) is 31.3 Å². The van der Waals surface area contributed by atoms with E-state index in [1.807, 2.05) is 6.92 Å². The first-order valence-corrected chi connectivity index (χ1v) is 4.81. The minimum atomic E-state index is -0.663. The first-order chi connectivity index (χ1) is 6.26. The van der Waals surface area contributed by atoms with Crippen LogP contribution in [0.5, 0.6) is 0 Å². The van der Waals surface area contributed by atoms with Crippen molar-refractivity contribution in [2.24, 2.45) is 0 Å². The van der Waals surface area contributed by atoms with Crippen LogP contribution in [0.25, 0.3) is 0 Å². The molecular formula is C12H18O. The average molecular weight is 178 g/mol. The second-order valence-electron chi connectivity index (χ2n) is 2.88. The predicted molar refractivity (Wildman–Crippen MR) is 56.3 cm³/mol. The Kier molecular flexibility index (Phi) is 7.11. The number of rotatable bonds is 4. The fourth-order valence-electron chi connectivity index (χ4n) is 0.975.